The van der Waals surface area contributed by atoms with Crippen LogP contribution in [-0.4, -0.2) is 0 Å². The van der Waals surface area contributed by atoms with Crippen molar-refractivity contribution in [3.63, 3.8) is 0 Å². The second kappa shape index (κ2) is 5.41. The Morgan fingerprint density at radius 2 is 1.80 bits per heavy atom. The molecule has 0 spiro atoms. The molecule has 0 saturated heterocycles. The van der Waals surface area contributed by atoms with Gasteiger partial charge in [0.2, 0.25) is 0 Å². The summed E-state index contributed by atoms with van der Waals surface area (Å²) in [6, 6.07) is 19.5. The van der Waals surface area contributed by atoms with Crippen molar-refractivity contribution in [2.45, 2.75) is 44.1 Å². The van der Waals surface area contributed by atoms with E-state index >= 15 is 0 Å². The molecule has 3 rings (SSSR count). The molecule has 1 aliphatic rings. The maximum Gasteiger partial charge on any atom is 0.0479 e. The van der Waals surface area contributed by atoms with Crippen molar-refractivity contribution in [2.75, 3.05) is 0 Å². The van der Waals surface area contributed by atoms with Gasteiger partial charge in [0.25, 0.3) is 0 Å². The number of nitrogens with two attached hydrogens (primary N) is 1. The molecular formula is C19H23N. The van der Waals surface area contributed by atoms with Gasteiger partial charge in [-0.25, -0.2) is 0 Å². The van der Waals surface area contributed by atoms with Crippen LogP contribution in [0, 0.1) is 6.92 Å². The van der Waals surface area contributed by atoms with Gasteiger partial charge >= 0.3 is 0 Å². The molecule has 2 unspecified atom stereocenters. The highest BCUT2D eigenvalue weighted by Crippen LogP contribution is 2.45. The van der Waals surface area contributed by atoms with Crippen LogP contribution in [0.5, 0.6) is 0 Å². The van der Waals surface area contributed by atoms with Crippen LogP contribution in [0.2, 0.25) is 0 Å². The summed E-state index contributed by atoms with van der Waals surface area (Å²) in [6.45, 7) is 2.15. The second-order valence-electron chi connectivity index (χ2n) is 6.12. The van der Waals surface area contributed by atoms with Crippen LogP contribution in [0.25, 0.3) is 0 Å². The summed E-state index contributed by atoms with van der Waals surface area (Å²) in [5, 5.41) is 0. The largest absolute Gasteiger partial charge is 0.321 e. The summed E-state index contributed by atoms with van der Waals surface area (Å²) in [4.78, 5) is 0. The first-order valence-corrected chi connectivity index (χ1v) is 7.61. The molecule has 2 aromatic rings. The van der Waals surface area contributed by atoms with Crippen molar-refractivity contribution in [1.82, 2.24) is 0 Å². The molecule has 20 heavy (non-hydrogen) atoms. The standard InChI is InChI=1S/C19H23N/c1-15-8-7-11-17(14-15)19(20)13-6-5-12-18(19)16-9-3-2-4-10-16/h2-4,7-11,14,18H,5-6,12-13,20H2,1H3. The van der Waals surface area contributed by atoms with Crippen LogP contribution in [0.4, 0.5) is 0 Å². The Morgan fingerprint density at radius 3 is 2.55 bits per heavy atom. The highest BCUT2D eigenvalue weighted by atomic mass is 14.8. The van der Waals surface area contributed by atoms with E-state index in [-0.39, 0.29) is 5.54 Å². The molecule has 1 heteroatoms. The lowest BCUT2D eigenvalue weighted by Crippen LogP contribution is -2.45. The Labute approximate surface area is 121 Å². The minimum atomic E-state index is -0.217. The van der Waals surface area contributed by atoms with Crippen LogP contribution < -0.4 is 5.73 Å². The summed E-state index contributed by atoms with van der Waals surface area (Å²) in [5.74, 6) is 0.430. The van der Waals surface area contributed by atoms with Crippen LogP contribution in [0.1, 0.15) is 48.3 Å². The highest BCUT2D eigenvalue weighted by molar-refractivity contribution is 5.35. The van der Waals surface area contributed by atoms with Gasteiger partial charge in [-0.05, 0) is 30.9 Å². The molecular weight excluding hydrogens is 242 g/mol. The van der Waals surface area contributed by atoms with Gasteiger partial charge in [-0.3, -0.25) is 0 Å². The van der Waals surface area contributed by atoms with Crippen molar-refractivity contribution in [1.29, 1.82) is 0 Å². The van der Waals surface area contributed by atoms with Crippen molar-refractivity contribution in [2.24, 2.45) is 5.73 Å². The van der Waals surface area contributed by atoms with E-state index in [2.05, 4.69) is 61.5 Å². The van der Waals surface area contributed by atoms with Gasteiger partial charge in [-0.15, -0.1) is 0 Å². The molecule has 0 amide bonds. The van der Waals surface area contributed by atoms with Crippen LogP contribution in [-0.2, 0) is 5.54 Å². The van der Waals surface area contributed by atoms with Gasteiger partial charge in [0.15, 0.2) is 0 Å². The molecule has 0 heterocycles. The lowest BCUT2D eigenvalue weighted by atomic mass is 9.67. The molecule has 1 nitrogen and oxygen atoms in total. The zero-order chi connectivity index (χ0) is 14.0. The second-order valence-corrected chi connectivity index (χ2v) is 6.12. The third-order valence-electron chi connectivity index (χ3n) is 4.71. The van der Waals surface area contributed by atoms with Gasteiger partial charge in [0.05, 0.1) is 0 Å². The van der Waals surface area contributed by atoms with E-state index in [0.717, 1.165) is 6.42 Å². The van der Waals surface area contributed by atoms with E-state index in [9.17, 15) is 0 Å². The highest BCUT2D eigenvalue weighted by Gasteiger charge is 2.39. The van der Waals surface area contributed by atoms with Crippen LogP contribution in [0.15, 0.2) is 54.6 Å². The Kier molecular flexibility index (Phi) is 3.62. The van der Waals surface area contributed by atoms with Gasteiger partial charge in [-0.2, -0.15) is 0 Å². The maximum absolute atomic E-state index is 6.93. The fraction of sp³-hybridized carbons (Fsp3) is 0.368. The topological polar surface area (TPSA) is 26.0 Å². The van der Waals surface area contributed by atoms with Crippen LogP contribution >= 0.6 is 0 Å². The number of hydrogen-bond donors (Lipinski definition) is 1. The van der Waals surface area contributed by atoms with E-state index in [0.29, 0.717) is 5.92 Å². The van der Waals surface area contributed by atoms with E-state index < -0.39 is 0 Å². The fourth-order valence-corrected chi connectivity index (χ4v) is 3.63. The number of hydrogen-bond acceptors (Lipinski definition) is 1. The molecule has 0 aromatic heterocycles. The molecule has 0 aliphatic heterocycles. The quantitative estimate of drug-likeness (QED) is 0.849. The lowest BCUT2D eigenvalue weighted by Gasteiger charge is -2.42. The minimum absolute atomic E-state index is 0.217. The number of benzene rings is 2. The Morgan fingerprint density at radius 1 is 1.00 bits per heavy atom. The Balaban J connectivity index is 2.04. The van der Waals surface area contributed by atoms with Gasteiger partial charge < -0.3 is 5.73 Å². The molecule has 1 fully saturated rings. The molecule has 104 valence electrons. The molecule has 0 radical (unpaired) electrons. The van der Waals surface area contributed by atoms with Crippen molar-refractivity contribution in [3.05, 3.63) is 71.3 Å². The van der Waals surface area contributed by atoms with Crippen LogP contribution in [0.3, 0.4) is 0 Å². The van der Waals surface area contributed by atoms with E-state index in [1.165, 1.54) is 36.0 Å². The normalized spacial score (nSPS) is 26.4. The van der Waals surface area contributed by atoms with Gasteiger partial charge in [0, 0.05) is 11.5 Å². The van der Waals surface area contributed by atoms with Gasteiger partial charge in [0.1, 0.15) is 0 Å². The molecule has 2 aromatic carbocycles. The predicted octanol–water partition coefficient (Wildman–Crippen LogP) is 4.51. The molecule has 1 aliphatic carbocycles. The number of aryl methyl sites for hydroxylation is 1. The average molecular weight is 265 g/mol. The summed E-state index contributed by atoms with van der Waals surface area (Å²) < 4.78 is 0. The smallest absolute Gasteiger partial charge is 0.0479 e. The zero-order valence-electron chi connectivity index (χ0n) is 12.2. The molecule has 2 atom stereocenters. The minimum Gasteiger partial charge on any atom is -0.321 e. The van der Waals surface area contributed by atoms with E-state index in [4.69, 9.17) is 5.73 Å². The van der Waals surface area contributed by atoms with Gasteiger partial charge in [-0.1, -0.05) is 73.0 Å². The maximum atomic E-state index is 6.93. The summed E-state index contributed by atoms with van der Waals surface area (Å²) >= 11 is 0. The Bertz CT molecular complexity index is 575. The molecule has 1 saturated carbocycles. The number of rotatable bonds is 2. The van der Waals surface area contributed by atoms with E-state index in [1.54, 1.807) is 0 Å². The average Bonchev–Trinajstić information content (AvgIpc) is 2.49. The molecule has 0 bridgehead atoms. The van der Waals surface area contributed by atoms with Crippen molar-refractivity contribution in [3.8, 4) is 0 Å². The first-order valence-electron chi connectivity index (χ1n) is 7.61. The SMILES string of the molecule is Cc1cccc(C2(N)CCCCC2c2ccccc2)c1. The van der Waals surface area contributed by atoms with Crippen molar-refractivity contribution >= 4 is 0 Å². The third-order valence-corrected chi connectivity index (χ3v) is 4.71. The monoisotopic (exact) mass is 265 g/mol. The summed E-state index contributed by atoms with van der Waals surface area (Å²) in [7, 11) is 0. The third kappa shape index (κ3) is 2.38. The first-order chi connectivity index (χ1) is 9.70. The summed E-state index contributed by atoms with van der Waals surface area (Å²) in [5.41, 5.74) is 10.7. The van der Waals surface area contributed by atoms with Crippen molar-refractivity contribution < 1.29 is 0 Å². The van der Waals surface area contributed by atoms with E-state index in [1.807, 2.05) is 0 Å². The fourth-order valence-electron chi connectivity index (χ4n) is 3.63. The first kappa shape index (κ1) is 13.4. The molecule has 2 N–H and O–H groups in total. The summed E-state index contributed by atoms with van der Waals surface area (Å²) in [6.07, 6.45) is 4.78. The zero-order valence-corrected chi connectivity index (χ0v) is 12.2. The predicted molar refractivity (Wildman–Crippen MR) is 84.7 cm³/mol. The lowest BCUT2D eigenvalue weighted by molar-refractivity contribution is 0.254. The Hall–Kier alpha value is -1.60.